The summed E-state index contributed by atoms with van der Waals surface area (Å²) in [5.74, 6) is 0.708. The number of hydrogen-bond acceptors (Lipinski definition) is 3. The molecule has 0 aromatic heterocycles. The summed E-state index contributed by atoms with van der Waals surface area (Å²) in [6.07, 6.45) is 0. The molecule has 0 aliphatic carbocycles. The highest BCUT2D eigenvalue weighted by atomic mass is 16.5. The van der Waals surface area contributed by atoms with Crippen molar-refractivity contribution in [3.63, 3.8) is 0 Å². The fourth-order valence-corrected chi connectivity index (χ4v) is 3.35. The minimum absolute atomic E-state index is 0.0844. The van der Waals surface area contributed by atoms with Gasteiger partial charge in [0.15, 0.2) is 0 Å². The average Bonchev–Trinajstić information content (AvgIpc) is 2.74. The van der Waals surface area contributed by atoms with E-state index in [9.17, 15) is 4.79 Å². The molecule has 4 nitrogen and oxygen atoms in total. The maximum atomic E-state index is 13.2. The van der Waals surface area contributed by atoms with Gasteiger partial charge in [0.2, 0.25) is 5.91 Å². The molecule has 0 heterocycles. The van der Waals surface area contributed by atoms with Gasteiger partial charge >= 0.3 is 0 Å². The van der Waals surface area contributed by atoms with Crippen LogP contribution in [0, 0.1) is 13.8 Å². The Labute approximate surface area is 172 Å². The molecule has 29 heavy (non-hydrogen) atoms. The van der Waals surface area contributed by atoms with Crippen molar-refractivity contribution in [2.45, 2.75) is 32.9 Å². The van der Waals surface area contributed by atoms with E-state index in [-0.39, 0.29) is 11.9 Å². The van der Waals surface area contributed by atoms with Crippen LogP contribution in [0.4, 0.5) is 5.69 Å². The number of carbonyl (C=O) groups is 1. The fraction of sp³-hybridized carbons (Fsp3) is 0.240. The molecule has 0 saturated carbocycles. The minimum Gasteiger partial charge on any atom is -0.496 e. The third-order valence-electron chi connectivity index (χ3n) is 4.98. The molecule has 2 N–H and O–H groups in total. The highest BCUT2D eigenvalue weighted by Crippen LogP contribution is 2.29. The van der Waals surface area contributed by atoms with Crippen LogP contribution < -0.4 is 15.4 Å². The van der Waals surface area contributed by atoms with Crippen LogP contribution in [0.15, 0.2) is 72.8 Å². The van der Waals surface area contributed by atoms with Crippen molar-refractivity contribution in [2.24, 2.45) is 0 Å². The number of methoxy groups -OCH3 is 1. The van der Waals surface area contributed by atoms with Crippen molar-refractivity contribution >= 4 is 11.6 Å². The van der Waals surface area contributed by atoms with E-state index in [0.717, 1.165) is 33.7 Å². The normalized spacial score (nSPS) is 12.8. The van der Waals surface area contributed by atoms with E-state index in [2.05, 4.69) is 23.6 Å². The Balaban J connectivity index is 1.87. The third kappa shape index (κ3) is 5.24. The highest BCUT2D eigenvalue weighted by molar-refractivity contribution is 5.95. The second kappa shape index (κ2) is 9.39. The first-order valence-electron chi connectivity index (χ1n) is 9.81. The summed E-state index contributed by atoms with van der Waals surface area (Å²) in [6, 6.07) is 23.1. The number of anilines is 1. The maximum absolute atomic E-state index is 13.2. The van der Waals surface area contributed by atoms with Crippen LogP contribution >= 0.6 is 0 Å². The number of ether oxygens (including phenoxy) is 1. The maximum Gasteiger partial charge on any atom is 0.246 e. The molecule has 0 fully saturated rings. The van der Waals surface area contributed by atoms with E-state index in [1.165, 1.54) is 0 Å². The lowest BCUT2D eigenvalue weighted by Gasteiger charge is -2.25. The van der Waals surface area contributed by atoms with Gasteiger partial charge in [0, 0.05) is 17.3 Å². The highest BCUT2D eigenvalue weighted by Gasteiger charge is 2.24. The summed E-state index contributed by atoms with van der Waals surface area (Å²) in [4.78, 5) is 13.2. The summed E-state index contributed by atoms with van der Waals surface area (Å²) >= 11 is 0. The van der Waals surface area contributed by atoms with E-state index >= 15 is 0 Å². The van der Waals surface area contributed by atoms with E-state index in [1.807, 2.05) is 80.6 Å². The third-order valence-corrected chi connectivity index (χ3v) is 4.98. The molecule has 2 unspecified atom stereocenters. The number of nitrogens with one attached hydrogen (secondary N) is 2. The van der Waals surface area contributed by atoms with Crippen LogP contribution in [-0.4, -0.2) is 13.0 Å². The molecule has 0 bridgehead atoms. The number of amides is 1. The first kappa shape index (κ1) is 20.6. The first-order chi connectivity index (χ1) is 14.0. The lowest BCUT2D eigenvalue weighted by Crippen LogP contribution is -2.34. The van der Waals surface area contributed by atoms with Gasteiger partial charge in [0.05, 0.1) is 7.11 Å². The molecule has 4 heteroatoms. The zero-order valence-corrected chi connectivity index (χ0v) is 17.4. The minimum atomic E-state index is -0.502. The summed E-state index contributed by atoms with van der Waals surface area (Å²) in [5, 5.41) is 6.52. The molecule has 3 aromatic rings. The molecular weight excluding hydrogens is 360 g/mol. The van der Waals surface area contributed by atoms with Gasteiger partial charge in [0.1, 0.15) is 11.8 Å². The van der Waals surface area contributed by atoms with E-state index in [0.29, 0.717) is 0 Å². The Bertz CT molecular complexity index is 952. The van der Waals surface area contributed by atoms with Crippen LogP contribution in [0.25, 0.3) is 0 Å². The van der Waals surface area contributed by atoms with E-state index in [4.69, 9.17) is 4.74 Å². The van der Waals surface area contributed by atoms with Crippen molar-refractivity contribution in [1.82, 2.24) is 5.32 Å². The molecule has 0 spiro atoms. The topological polar surface area (TPSA) is 50.4 Å². The Morgan fingerprint density at radius 2 is 1.55 bits per heavy atom. The molecule has 150 valence electrons. The number of aryl methyl sites for hydroxylation is 2. The van der Waals surface area contributed by atoms with Gasteiger partial charge in [-0.2, -0.15) is 0 Å². The Morgan fingerprint density at radius 3 is 2.21 bits per heavy atom. The monoisotopic (exact) mass is 388 g/mol. The molecule has 3 aromatic carbocycles. The molecule has 0 saturated heterocycles. The fourth-order valence-electron chi connectivity index (χ4n) is 3.35. The number of hydrogen-bond donors (Lipinski definition) is 2. The van der Waals surface area contributed by atoms with E-state index < -0.39 is 6.04 Å². The zero-order chi connectivity index (χ0) is 20.8. The van der Waals surface area contributed by atoms with Gasteiger partial charge in [-0.25, -0.2) is 0 Å². The SMILES string of the molecule is COc1ccc(C)cc1C(C)NC(C(=O)Nc1ccc(C)cc1)c1ccccc1. The summed E-state index contributed by atoms with van der Waals surface area (Å²) < 4.78 is 5.54. The Morgan fingerprint density at radius 1 is 0.897 bits per heavy atom. The van der Waals surface area contributed by atoms with Gasteiger partial charge in [-0.1, -0.05) is 65.7 Å². The largest absolute Gasteiger partial charge is 0.496 e. The van der Waals surface area contributed by atoms with Crippen molar-refractivity contribution in [3.8, 4) is 5.75 Å². The number of benzene rings is 3. The molecule has 3 rings (SSSR count). The summed E-state index contributed by atoms with van der Waals surface area (Å²) in [5.41, 5.74) is 5.02. The van der Waals surface area contributed by atoms with Gasteiger partial charge in [-0.15, -0.1) is 0 Å². The van der Waals surface area contributed by atoms with E-state index in [1.54, 1.807) is 7.11 Å². The lowest BCUT2D eigenvalue weighted by atomic mass is 10.0. The van der Waals surface area contributed by atoms with Crippen molar-refractivity contribution in [2.75, 3.05) is 12.4 Å². The van der Waals surface area contributed by atoms with Crippen LogP contribution in [0.3, 0.4) is 0 Å². The van der Waals surface area contributed by atoms with Crippen molar-refractivity contribution in [1.29, 1.82) is 0 Å². The van der Waals surface area contributed by atoms with Gasteiger partial charge in [-0.3, -0.25) is 10.1 Å². The van der Waals surface area contributed by atoms with Crippen molar-refractivity contribution in [3.05, 3.63) is 95.1 Å². The second-order valence-corrected chi connectivity index (χ2v) is 7.33. The van der Waals surface area contributed by atoms with Gasteiger partial charge in [0.25, 0.3) is 0 Å². The summed E-state index contributed by atoms with van der Waals surface area (Å²) in [6.45, 7) is 6.12. The van der Waals surface area contributed by atoms with Crippen LogP contribution in [-0.2, 0) is 4.79 Å². The number of rotatable bonds is 7. The molecule has 1 amide bonds. The lowest BCUT2D eigenvalue weighted by molar-refractivity contribution is -0.118. The number of carbonyl (C=O) groups excluding carboxylic acids is 1. The first-order valence-corrected chi connectivity index (χ1v) is 9.81. The van der Waals surface area contributed by atoms with Gasteiger partial charge < -0.3 is 10.1 Å². The zero-order valence-electron chi connectivity index (χ0n) is 17.4. The molecular formula is C25H28N2O2. The predicted molar refractivity (Wildman–Crippen MR) is 118 cm³/mol. The van der Waals surface area contributed by atoms with Crippen LogP contribution in [0.2, 0.25) is 0 Å². The Kier molecular flexibility index (Phi) is 6.68. The molecule has 2 atom stereocenters. The van der Waals surface area contributed by atoms with Crippen LogP contribution in [0.5, 0.6) is 5.75 Å². The van der Waals surface area contributed by atoms with Gasteiger partial charge in [-0.05, 0) is 44.5 Å². The second-order valence-electron chi connectivity index (χ2n) is 7.33. The standard InChI is InChI=1S/C25H28N2O2/c1-17-10-13-21(14-11-17)27-25(28)24(20-8-6-5-7-9-20)26-19(3)22-16-18(2)12-15-23(22)29-4/h5-16,19,24,26H,1-4H3,(H,27,28). The predicted octanol–water partition coefficient (Wildman–Crippen LogP) is 5.34. The van der Waals surface area contributed by atoms with Crippen LogP contribution in [0.1, 0.15) is 41.3 Å². The molecule has 0 radical (unpaired) electrons. The average molecular weight is 389 g/mol. The Hall–Kier alpha value is -3.11. The molecule has 0 aliphatic heterocycles. The summed E-state index contributed by atoms with van der Waals surface area (Å²) in [7, 11) is 1.67. The van der Waals surface area contributed by atoms with Crippen molar-refractivity contribution < 1.29 is 9.53 Å². The smallest absolute Gasteiger partial charge is 0.246 e. The quantitative estimate of drug-likeness (QED) is 0.574. The molecule has 0 aliphatic rings.